The summed E-state index contributed by atoms with van der Waals surface area (Å²) in [7, 11) is 1.62. The van der Waals surface area contributed by atoms with Crippen LogP contribution < -0.4 is 14.2 Å². The van der Waals surface area contributed by atoms with E-state index in [0.29, 0.717) is 45.9 Å². The van der Waals surface area contributed by atoms with Gasteiger partial charge in [-0.3, -0.25) is 4.79 Å². The summed E-state index contributed by atoms with van der Waals surface area (Å²) in [4.78, 5) is 13.6. The molecule has 0 spiro atoms. The van der Waals surface area contributed by atoms with Crippen molar-refractivity contribution in [1.82, 2.24) is 0 Å². The summed E-state index contributed by atoms with van der Waals surface area (Å²) in [6, 6.07) is 20.0. The van der Waals surface area contributed by atoms with Gasteiger partial charge in [0.25, 0.3) is 0 Å². The number of benzene rings is 3. The molecule has 1 fully saturated rings. The van der Waals surface area contributed by atoms with Crippen LogP contribution in [0, 0.1) is 17.2 Å². The Hall–Kier alpha value is -3.75. The fourth-order valence-corrected chi connectivity index (χ4v) is 4.42. The van der Waals surface area contributed by atoms with Gasteiger partial charge in [0.15, 0.2) is 17.3 Å². The van der Waals surface area contributed by atoms with Gasteiger partial charge in [0, 0.05) is 10.6 Å². The number of rotatable bonds is 7. The minimum atomic E-state index is -0.591. The predicted octanol–water partition coefficient (Wildman–Crippen LogP) is 6.45. The van der Waals surface area contributed by atoms with Gasteiger partial charge in [-0.25, -0.2) is 0 Å². The molecule has 35 heavy (non-hydrogen) atoms. The van der Waals surface area contributed by atoms with Crippen molar-refractivity contribution < 1.29 is 19.0 Å². The minimum absolute atomic E-state index is 0.0797. The van der Waals surface area contributed by atoms with Crippen LogP contribution in [0.2, 0.25) is 5.02 Å². The minimum Gasteiger partial charge on any atom is -0.493 e. The van der Waals surface area contributed by atoms with Crippen LogP contribution in [0.5, 0.6) is 17.2 Å². The molecule has 2 unspecified atom stereocenters. The van der Waals surface area contributed by atoms with E-state index in [1.165, 1.54) is 12.8 Å². The number of para-hydroxylation sites is 1. The normalized spacial score (nSPS) is 19.1. The molecule has 0 bridgehead atoms. The highest BCUT2D eigenvalue weighted by atomic mass is 35.5. The molecule has 6 heteroatoms. The van der Waals surface area contributed by atoms with Crippen molar-refractivity contribution >= 4 is 23.5 Å². The third-order valence-corrected chi connectivity index (χ3v) is 6.57. The third-order valence-electron chi connectivity index (χ3n) is 6.34. The van der Waals surface area contributed by atoms with E-state index in [1.54, 1.807) is 49.6 Å². The van der Waals surface area contributed by atoms with E-state index in [0.717, 1.165) is 11.1 Å². The Balaban J connectivity index is 1.52. The average Bonchev–Trinajstić information content (AvgIpc) is 3.71. The first-order valence-electron chi connectivity index (χ1n) is 11.6. The molecular weight excluding hydrogens is 462 g/mol. The Bertz CT molecular complexity index is 1320. The second kappa shape index (κ2) is 9.85. The smallest absolute Gasteiger partial charge is 0.178 e. The molecule has 5 nitrogen and oxygen atoms in total. The molecule has 3 aromatic carbocycles. The van der Waals surface area contributed by atoms with Crippen LogP contribution in [0.1, 0.15) is 45.8 Å². The maximum Gasteiger partial charge on any atom is 0.178 e. The Labute approximate surface area is 209 Å². The maximum absolute atomic E-state index is 13.6. The third kappa shape index (κ3) is 4.89. The first kappa shape index (κ1) is 23.0. The molecule has 0 radical (unpaired) electrons. The van der Waals surface area contributed by atoms with Crippen molar-refractivity contribution in [1.29, 1.82) is 5.26 Å². The van der Waals surface area contributed by atoms with E-state index in [2.05, 4.69) is 6.07 Å². The number of hydrogen-bond acceptors (Lipinski definition) is 5. The Morgan fingerprint density at radius 3 is 2.66 bits per heavy atom. The van der Waals surface area contributed by atoms with Crippen LogP contribution in [0.4, 0.5) is 0 Å². The summed E-state index contributed by atoms with van der Waals surface area (Å²) in [6.45, 7) is 0.654. The molecule has 0 amide bonds. The van der Waals surface area contributed by atoms with Crippen LogP contribution in [0.15, 0.2) is 66.7 Å². The van der Waals surface area contributed by atoms with Crippen LogP contribution >= 0.6 is 11.6 Å². The van der Waals surface area contributed by atoms with Crippen LogP contribution in [-0.2, 0) is 0 Å². The molecular formula is C29H24ClNO4. The van der Waals surface area contributed by atoms with Gasteiger partial charge in [-0.1, -0.05) is 41.9 Å². The Morgan fingerprint density at radius 1 is 1.14 bits per heavy atom. The molecule has 1 saturated carbocycles. The molecule has 1 aliphatic carbocycles. The zero-order chi connectivity index (χ0) is 24.4. The number of fused-ring (bicyclic) bond motifs is 1. The molecule has 0 aromatic heterocycles. The fraction of sp³-hybridized carbons (Fsp3) is 0.241. The highest BCUT2D eigenvalue weighted by Crippen LogP contribution is 2.40. The summed E-state index contributed by atoms with van der Waals surface area (Å²) in [5.74, 6) is 1.77. The van der Waals surface area contributed by atoms with Crippen molar-refractivity contribution in [3.8, 4) is 23.3 Å². The van der Waals surface area contributed by atoms with Crippen LogP contribution in [0.25, 0.3) is 6.08 Å². The van der Waals surface area contributed by atoms with Gasteiger partial charge >= 0.3 is 0 Å². The number of nitrogens with zero attached hydrogens (tertiary/aromatic N) is 1. The molecule has 0 N–H and O–H groups in total. The molecule has 1 aliphatic heterocycles. The molecule has 2 aliphatic rings. The lowest BCUT2D eigenvalue weighted by molar-refractivity contribution is 0.0842. The summed E-state index contributed by atoms with van der Waals surface area (Å²) in [5.41, 5.74) is 2.60. The molecule has 1 heterocycles. The second-order valence-electron chi connectivity index (χ2n) is 8.79. The summed E-state index contributed by atoms with van der Waals surface area (Å²) in [6.07, 6.45) is 5.62. The van der Waals surface area contributed by atoms with Crippen molar-refractivity contribution in [2.45, 2.75) is 24.9 Å². The largest absolute Gasteiger partial charge is 0.493 e. The maximum atomic E-state index is 13.6. The topological polar surface area (TPSA) is 68.5 Å². The van der Waals surface area contributed by atoms with Crippen LogP contribution in [0.3, 0.4) is 0 Å². The summed E-state index contributed by atoms with van der Waals surface area (Å²) < 4.78 is 18.0. The van der Waals surface area contributed by atoms with E-state index < -0.39 is 12.0 Å². The number of nitriles is 1. The monoisotopic (exact) mass is 485 g/mol. The Morgan fingerprint density at radius 2 is 1.94 bits per heavy atom. The number of ether oxygens (including phenoxy) is 3. The SMILES string of the molecule is COc1cccc(/C=C/C2Oc3ccc(Cl)cc3C(=O)C2c2ccc(C#N)cc2)c1OCC1CC1. The van der Waals surface area contributed by atoms with Gasteiger partial charge in [0.05, 0.1) is 36.8 Å². The molecule has 5 rings (SSSR count). The number of carbonyl (C=O) groups is 1. The van der Waals surface area contributed by atoms with E-state index in [9.17, 15) is 10.1 Å². The second-order valence-corrected chi connectivity index (χ2v) is 9.23. The lowest BCUT2D eigenvalue weighted by Crippen LogP contribution is -2.34. The van der Waals surface area contributed by atoms with Gasteiger partial charge in [0.1, 0.15) is 11.9 Å². The predicted molar refractivity (Wildman–Crippen MR) is 134 cm³/mol. The number of carbonyl (C=O) groups excluding carboxylic acids is 1. The fourth-order valence-electron chi connectivity index (χ4n) is 4.25. The lowest BCUT2D eigenvalue weighted by atomic mass is 9.83. The van der Waals surface area contributed by atoms with E-state index in [-0.39, 0.29) is 5.78 Å². The summed E-state index contributed by atoms with van der Waals surface area (Å²) in [5, 5.41) is 9.65. The number of ketones is 1. The number of Topliss-reactive ketones (excluding diaryl/α,β-unsaturated/α-hetero) is 1. The zero-order valence-electron chi connectivity index (χ0n) is 19.2. The molecule has 2 atom stereocenters. The van der Waals surface area contributed by atoms with Crippen molar-refractivity contribution in [2.24, 2.45) is 5.92 Å². The number of methoxy groups -OCH3 is 1. The van der Waals surface area contributed by atoms with Crippen LogP contribution in [-0.4, -0.2) is 25.6 Å². The van der Waals surface area contributed by atoms with Gasteiger partial charge < -0.3 is 14.2 Å². The van der Waals surface area contributed by atoms with Crippen molar-refractivity contribution in [3.05, 3.63) is 94.0 Å². The highest BCUT2D eigenvalue weighted by molar-refractivity contribution is 6.31. The van der Waals surface area contributed by atoms with Gasteiger partial charge in [-0.05, 0) is 66.8 Å². The molecule has 0 saturated heterocycles. The molecule has 3 aromatic rings. The van der Waals surface area contributed by atoms with E-state index in [4.69, 9.17) is 25.8 Å². The average molecular weight is 486 g/mol. The summed E-state index contributed by atoms with van der Waals surface area (Å²) >= 11 is 6.17. The van der Waals surface area contributed by atoms with Gasteiger partial charge in [0.2, 0.25) is 0 Å². The first-order valence-corrected chi connectivity index (χ1v) is 11.9. The van der Waals surface area contributed by atoms with E-state index in [1.807, 2.05) is 30.4 Å². The van der Waals surface area contributed by atoms with Crippen molar-refractivity contribution in [3.63, 3.8) is 0 Å². The first-order chi connectivity index (χ1) is 17.1. The quantitative estimate of drug-likeness (QED) is 0.384. The van der Waals surface area contributed by atoms with Gasteiger partial charge in [-0.2, -0.15) is 5.26 Å². The zero-order valence-corrected chi connectivity index (χ0v) is 20.0. The molecule has 176 valence electrons. The lowest BCUT2D eigenvalue weighted by Gasteiger charge is -2.31. The highest BCUT2D eigenvalue weighted by Gasteiger charge is 2.37. The standard InChI is InChI=1S/C29H24ClNO4/c1-33-26-4-2-3-21(29(26)34-17-19-5-6-19)11-13-25-27(20-9-7-18(16-31)8-10-20)28(32)23-15-22(30)12-14-24(23)35-25/h2-4,7-15,19,25,27H,5-6,17H2,1H3/b13-11+. The van der Waals surface area contributed by atoms with E-state index >= 15 is 0 Å². The number of hydrogen-bond donors (Lipinski definition) is 0. The van der Waals surface area contributed by atoms with Gasteiger partial charge in [-0.15, -0.1) is 0 Å². The number of halogens is 1. The van der Waals surface area contributed by atoms with Crippen molar-refractivity contribution in [2.75, 3.05) is 13.7 Å². The Kier molecular flexibility index (Phi) is 6.48.